The molecule has 1 rings (SSSR count). The van der Waals surface area contributed by atoms with Crippen LogP contribution in [0.15, 0.2) is 30.3 Å². The van der Waals surface area contributed by atoms with Crippen LogP contribution in [0.2, 0.25) is 0 Å². The van der Waals surface area contributed by atoms with E-state index in [1.54, 1.807) is 0 Å². The van der Waals surface area contributed by atoms with Crippen molar-refractivity contribution in [3.05, 3.63) is 35.9 Å². The van der Waals surface area contributed by atoms with Crippen molar-refractivity contribution in [2.24, 2.45) is 0 Å². The van der Waals surface area contributed by atoms with E-state index in [2.05, 4.69) is 5.32 Å². The second-order valence-corrected chi connectivity index (χ2v) is 3.86. The van der Waals surface area contributed by atoms with Gasteiger partial charge in [0.25, 0.3) is 0 Å². The smallest absolute Gasteiger partial charge is 0.332 e. The van der Waals surface area contributed by atoms with Gasteiger partial charge >= 0.3 is 5.97 Å². The van der Waals surface area contributed by atoms with E-state index >= 15 is 0 Å². The highest BCUT2D eigenvalue weighted by molar-refractivity contribution is 5.78. The first kappa shape index (κ1) is 14.2. The summed E-state index contributed by atoms with van der Waals surface area (Å²) in [5.74, 6) is -1.11. The lowest BCUT2D eigenvalue weighted by Crippen LogP contribution is -2.31. The summed E-state index contributed by atoms with van der Waals surface area (Å²) in [4.78, 5) is 22.0. The number of hydrogen-bond acceptors (Lipinski definition) is 3. The Hall–Kier alpha value is -1.88. The van der Waals surface area contributed by atoms with Gasteiger partial charge in [-0.15, -0.1) is 0 Å². The summed E-state index contributed by atoms with van der Waals surface area (Å²) in [6.45, 7) is 1.95. The van der Waals surface area contributed by atoms with E-state index < -0.39 is 12.1 Å². The summed E-state index contributed by atoms with van der Waals surface area (Å²) < 4.78 is 4.99. The van der Waals surface area contributed by atoms with Crippen LogP contribution in [0.1, 0.15) is 12.5 Å². The van der Waals surface area contributed by atoms with Gasteiger partial charge in [-0.1, -0.05) is 30.3 Å². The lowest BCUT2D eigenvalue weighted by Gasteiger charge is -2.09. The Morgan fingerprint density at radius 3 is 2.61 bits per heavy atom. The molecule has 0 aliphatic carbocycles. The van der Waals surface area contributed by atoms with E-state index in [0.717, 1.165) is 5.56 Å². The summed E-state index contributed by atoms with van der Waals surface area (Å²) in [7, 11) is 0. The molecule has 5 heteroatoms. The van der Waals surface area contributed by atoms with Crippen LogP contribution in [0, 0.1) is 0 Å². The van der Waals surface area contributed by atoms with Crippen LogP contribution in [-0.2, 0) is 20.7 Å². The zero-order valence-electron chi connectivity index (χ0n) is 10.3. The van der Waals surface area contributed by atoms with Crippen molar-refractivity contribution in [1.29, 1.82) is 0 Å². The molecule has 1 aromatic rings. The largest absolute Gasteiger partial charge is 0.479 e. The predicted octanol–water partition coefficient (Wildman–Crippen LogP) is 0.835. The van der Waals surface area contributed by atoms with Crippen molar-refractivity contribution in [3.63, 3.8) is 0 Å². The molecule has 0 aliphatic rings. The van der Waals surface area contributed by atoms with Gasteiger partial charge in [0.15, 0.2) is 6.10 Å². The SMILES string of the molecule is CC(OCCNC(=O)Cc1ccccc1)C(=O)O. The van der Waals surface area contributed by atoms with Gasteiger partial charge in [0.05, 0.1) is 13.0 Å². The number of carboxylic acids is 1. The summed E-state index contributed by atoms with van der Waals surface area (Å²) >= 11 is 0. The minimum Gasteiger partial charge on any atom is -0.479 e. The molecule has 0 saturated carbocycles. The van der Waals surface area contributed by atoms with Crippen LogP contribution < -0.4 is 5.32 Å². The minimum atomic E-state index is -1.01. The van der Waals surface area contributed by atoms with Crippen molar-refractivity contribution in [2.75, 3.05) is 13.2 Å². The van der Waals surface area contributed by atoms with Crippen molar-refractivity contribution in [3.8, 4) is 0 Å². The van der Waals surface area contributed by atoms with Crippen LogP contribution in [0.4, 0.5) is 0 Å². The Labute approximate surface area is 106 Å². The Balaban J connectivity index is 2.16. The zero-order chi connectivity index (χ0) is 13.4. The molecule has 0 fully saturated rings. The van der Waals surface area contributed by atoms with Gasteiger partial charge in [-0.2, -0.15) is 0 Å². The van der Waals surface area contributed by atoms with E-state index in [0.29, 0.717) is 13.0 Å². The quantitative estimate of drug-likeness (QED) is 0.704. The van der Waals surface area contributed by atoms with E-state index in [1.165, 1.54) is 6.92 Å². The van der Waals surface area contributed by atoms with Crippen LogP contribution in [-0.4, -0.2) is 36.2 Å². The number of ether oxygens (including phenoxy) is 1. The Bertz CT molecular complexity index is 391. The molecule has 0 aliphatic heterocycles. The molecule has 1 unspecified atom stereocenters. The molecule has 0 aromatic heterocycles. The molecule has 5 nitrogen and oxygen atoms in total. The van der Waals surface area contributed by atoms with Crippen LogP contribution in [0.3, 0.4) is 0 Å². The molecule has 0 radical (unpaired) electrons. The fourth-order valence-corrected chi connectivity index (χ4v) is 1.34. The standard InChI is InChI=1S/C13H17NO4/c1-10(13(16)17)18-8-7-14-12(15)9-11-5-3-2-4-6-11/h2-6,10H,7-9H2,1H3,(H,14,15)(H,16,17). The van der Waals surface area contributed by atoms with E-state index in [9.17, 15) is 9.59 Å². The molecular formula is C13H17NO4. The second kappa shape index (κ2) is 7.45. The van der Waals surface area contributed by atoms with Crippen LogP contribution >= 0.6 is 0 Å². The first-order chi connectivity index (χ1) is 8.59. The lowest BCUT2D eigenvalue weighted by atomic mass is 10.1. The van der Waals surface area contributed by atoms with E-state index in [-0.39, 0.29) is 12.5 Å². The number of carbonyl (C=O) groups excluding carboxylic acids is 1. The number of amides is 1. The average Bonchev–Trinajstić information content (AvgIpc) is 2.35. The molecule has 0 bridgehead atoms. The summed E-state index contributed by atoms with van der Waals surface area (Å²) in [6.07, 6.45) is -0.536. The summed E-state index contributed by atoms with van der Waals surface area (Å²) in [6, 6.07) is 9.40. The lowest BCUT2D eigenvalue weighted by molar-refractivity contribution is -0.148. The Morgan fingerprint density at radius 2 is 2.00 bits per heavy atom. The van der Waals surface area contributed by atoms with Gasteiger partial charge in [-0.05, 0) is 12.5 Å². The predicted molar refractivity (Wildman–Crippen MR) is 66.2 cm³/mol. The van der Waals surface area contributed by atoms with Crippen molar-refractivity contribution < 1.29 is 19.4 Å². The molecule has 2 N–H and O–H groups in total. The maximum absolute atomic E-state index is 11.5. The van der Waals surface area contributed by atoms with Gasteiger partial charge in [0.2, 0.25) is 5.91 Å². The molecule has 18 heavy (non-hydrogen) atoms. The summed E-state index contributed by atoms with van der Waals surface area (Å²) in [5.41, 5.74) is 0.940. The highest BCUT2D eigenvalue weighted by atomic mass is 16.5. The van der Waals surface area contributed by atoms with Gasteiger partial charge < -0.3 is 15.2 Å². The van der Waals surface area contributed by atoms with Gasteiger partial charge in [0.1, 0.15) is 0 Å². The minimum absolute atomic E-state index is 0.104. The number of rotatable bonds is 7. The third-order valence-corrected chi connectivity index (χ3v) is 2.35. The first-order valence-corrected chi connectivity index (χ1v) is 5.74. The van der Waals surface area contributed by atoms with E-state index in [1.807, 2.05) is 30.3 Å². The molecule has 0 heterocycles. The number of benzene rings is 1. The molecule has 1 atom stereocenters. The van der Waals surface area contributed by atoms with Gasteiger partial charge in [-0.3, -0.25) is 4.79 Å². The second-order valence-electron chi connectivity index (χ2n) is 3.86. The van der Waals surface area contributed by atoms with Gasteiger partial charge in [-0.25, -0.2) is 4.79 Å². The first-order valence-electron chi connectivity index (χ1n) is 5.74. The third-order valence-electron chi connectivity index (χ3n) is 2.35. The molecule has 0 spiro atoms. The number of hydrogen-bond donors (Lipinski definition) is 2. The Morgan fingerprint density at radius 1 is 1.33 bits per heavy atom. The fourth-order valence-electron chi connectivity index (χ4n) is 1.34. The zero-order valence-corrected chi connectivity index (χ0v) is 10.3. The van der Waals surface area contributed by atoms with Crippen LogP contribution in [0.25, 0.3) is 0 Å². The maximum Gasteiger partial charge on any atom is 0.332 e. The summed E-state index contributed by atoms with van der Waals surface area (Å²) in [5, 5.41) is 11.2. The average molecular weight is 251 g/mol. The van der Waals surface area contributed by atoms with E-state index in [4.69, 9.17) is 9.84 Å². The molecule has 1 amide bonds. The number of carboxylic acid groups (broad SMARTS) is 1. The normalized spacial score (nSPS) is 11.8. The van der Waals surface area contributed by atoms with Crippen molar-refractivity contribution >= 4 is 11.9 Å². The third kappa shape index (κ3) is 5.45. The number of aliphatic carboxylic acids is 1. The highest BCUT2D eigenvalue weighted by Gasteiger charge is 2.10. The van der Waals surface area contributed by atoms with Crippen molar-refractivity contribution in [1.82, 2.24) is 5.32 Å². The molecule has 98 valence electrons. The van der Waals surface area contributed by atoms with Crippen molar-refractivity contribution in [2.45, 2.75) is 19.4 Å². The highest BCUT2D eigenvalue weighted by Crippen LogP contribution is 1.98. The topological polar surface area (TPSA) is 75.6 Å². The molecule has 0 saturated heterocycles. The number of carbonyl (C=O) groups is 2. The fraction of sp³-hybridized carbons (Fsp3) is 0.385. The maximum atomic E-state index is 11.5. The molecule has 1 aromatic carbocycles. The molecular weight excluding hydrogens is 234 g/mol. The monoisotopic (exact) mass is 251 g/mol. The number of nitrogens with one attached hydrogen (secondary N) is 1. The Kier molecular flexibility index (Phi) is 5.87. The van der Waals surface area contributed by atoms with Gasteiger partial charge in [0, 0.05) is 6.54 Å². The van der Waals surface area contributed by atoms with Crippen LogP contribution in [0.5, 0.6) is 0 Å².